The summed E-state index contributed by atoms with van der Waals surface area (Å²) in [5, 5.41) is 10.6. The summed E-state index contributed by atoms with van der Waals surface area (Å²) in [6.07, 6.45) is 7.22. The van der Waals surface area contributed by atoms with Gasteiger partial charge >= 0.3 is 0 Å². The maximum Gasteiger partial charge on any atom is 0.0837 e. The standard InChI is InChI=1S/C18H15P.C9H13N3.Os/c1-4-10-16(11-5-1)19(17-12-6-2-7-13-17)18-14-8-3-9-15-18;1-12-7-5-9(11-12)8-4-2-3-6-10-8;/h1-15H;3,6H,2,4-5,7H2,1H3;. The van der Waals surface area contributed by atoms with Crippen LogP contribution in [-0.2, 0) is 19.8 Å². The molecule has 3 aromatic carbocycles. The molecule has 5 rings (SSSR count). The Hall–Kier alpha value is -2.39. The van der Waals surface area contributed by atoms with Crippen molar-refractivity contribution in [3.63, 3.8) is 0 Å². The first-order valence-electron chi connectivity index (χ1n) is 10.8. The van der Waals surface area contributed by atoms with E-state index in [9.17, 15) is 0 Å². The second-order valence-corrected chi connectivity index (χ2v) is 9.74. The van der Waals surface area contributed by atoms with Crippen molar-refractivity contribution in [2.45, 2.75) is 19.3 Å². The third-order valence-corrected chi connectivity index (χ3v) is 7.67. The molecule has 0 aliphatic carbocycles. The maximum absolute atomic E-state index is 4.40. The van der Waals surface area contributed by atoms with Crippen LogP contribution in [0.25, 0.3) is 0 Å². The van der Waals surface area contributed by atoms with E-state index >= 15 is 0 Å². The molecule has 5 heteroatoms. The van der Waals surface area contributed by atoms with Gasteiger partial charge in [0.15, 0.2) is 0 Å². The summed E-state index contributed by atoms with van der Waals surface area (Å²) in [6.45, 7) is 1.04. The Morgan fingerprint density at radius 3 is 1.56 bits per heavy atom. The molecule has 0 unspecified atom stereocenters. The quantitative estimate of drug-likeness (QED) is 0.385. The van der Waals surface area contributed by atoms with Gasteiger partial charge in [0, 0.05) is 46.0 Å². The summed E-state index contributed by atoms with van der Waals surface area (Å²) < 4.78 is 0. The Morgan fingerprint density at radius 1 is 0.688 bits per heavy atom. The molecular weight excluding hydrogens is 588 g/mol. The summed E-state index contributed by atoms with van der Waals surface area (Å²) in [5.74, 6) is 0. The minimum Gasteiger partial charge on any atom is -0.299 e. The Morgan fingerprint density at radius 2 is 1.19 bits per heavy atom. The zero-order chi connectivity index (χ0) is 21.3. The molecule has 0 fully saturated rings. The van der Waals surface area contributed by atoms with Crippen LogP contribution in [0.3, 0.4) is 0 Å². The first kappa shape index (κ1) is 24.3. The van der Waals surface area contributed by atoms with Crippen molar-refractivity contribution < 1.29 is 19.8 Å². The molecule has 0 aromatic heterocycles. The van der Waals surface area contributed by atoms with Gasteiger partial charge in [-0.2, -0.15) is 5.10 Å². The molecule has 0 radical (unpaired) electrons. The fourth-order valence-corrected chi connectivity index (χ4v) is 5.98. The molecular formula is C27H28N3OsP. The van der Waals surface area contributed by atoms with Gasteiger partial charge in [-0.1, -0.05) is 97.1 Å². The predicted octanol–water partition coefficient (Wildman–Crippen LogP) is 4.87. The van der Waals surface area contributed by atoms with Crippen LogP contribution >= 0.6 is 7.92 Å². The van der Waals surface area contributed by atoms with Crippen molar-refractivity contribution in [1.82, 2.24) is 5.01 Å². The summed E-state index contributed by atoms with van der Waals surface area (Å²) in [5.41, 5.74) is 2.36. The number of aliphatic imine (C=N–C) groups is 1. The fourth-order valence-electron chi connectivity index (χ4n) is 3.67. The molecule has 2 aliphatic heterocycles. The van der Waals surface area contributed by atoms with E-state index in [0.717, 1.165) is 25.8 Å². The minimum absolute atomic E-state index is 0. The van der Waals surface area contributed by atoms with Crippen molar-refractivity contribution in [2.75, 3.05) is 13.6 Å². The Kier molecular flexibility index (Phi) is 9.54. The van der Waals surface area contributed by atoms with Crippen LogP contribution < -0.4 is 15.9 Å². The van der Waals surface area contributed by atoms with Crippen molar-refractivity contribution in [2.24, 2.45) is 10.1 Å². The van der Waals surface area contributed by atoms with Gasteiger partial charge in [-0.15, -0.1) is 0 Å². The first-order chi connectivity index (χ1) is 15.3. The topological polar surface area (TPSA) is 28.0 Å². The van der Waals surface area contributed by atoms with Crippen LogP contribution in [0.2, 0.25) is 0 Å². The summed E-state index contributed by atoms with van der Waals surface area (Å²) in [4.78, 5) is 4.32. The van der Waals surface area contributed by atoms with Gasteiger partial charge in [-0.25, -0.2) is 0 Å². The predicted molar refractivity (Wildman–Crippen MR) is 136 cm³/mol. The Labute approximate surface area is 205 Å². The molecule has 164 valence electrons. The van der Waals surface area contributed by atoms with Gasteiger partial charge in [0.1, 0.15) is 0 Å². The Bertz CT molecular complexity index is 956. The first-order valence-corrected chi connectivity index (χ1v) is 12.1. The third-order valence-electron chi connectivity index (χ3n) is 5.22. The average molecular weight is 616 g/mol. The monoisotopic (exact) mass is 617 g/mol. The van der Waals surface area contributed by atoms with E-state index in [-0.39, 0.29) is 19.8 Å². The van der Waals surface area contributed by atoms with E-state index in [2.05, 4.69) is 107 Å². The van der Waals surface area contributed by atoms with Crippen LogP contribution in [0.4, 0.5) is 0 Å². The van der Waals surface area contributed by atoms with Crippen molar-refractivity contribution in [1.29, 1.82) is 0 Å². The molecule has 0 spiro atoms. The van der Waals surface area contributed by atoms with Gasteiger partial charge < -0.3 is 0 Å². The van der Waals surface area contributed by atoms with Gasteiger partial charge in [0.25, 0.3) is 0 Å². The summed E-state index contributed by atoms with van der Waals surface area (Å²) in [7, 11) is 1.56. The molecule has 3 nitrogen and oxygen atoms in total. The zero-order valence-corrected chi connectivity index (χ0v) is 21.7. The summed E-state index contributed by atoms with van der Waals surface area (Å²) in [6, 6.07) is 32.3. The van der Waals surface area contributed by atoms with Gasteiger partial charge in [0.05, 0.1) is 11.4 Å². The largest absolute Gasteiger partial charge is 0.299 e. The Balaban J connectivity index is 0.000000193. The van der Waals surface area contributed by atoms with Crippen LogP contribution in [0.5, 0.6) is 0 Å². The van der Waals surface area contributed by atoms with E-state index in [1.165, 1.54) is 27.3 Å². The SMILES string of the molecule is CN1CCC(C2=NC=CCC2)=N1.[Os].c1ccc(P(c2ccccc2)c2ccccc2)cc1. The van der Waals surface area contributed by atoms with E-state index in [0.29, 0.717) is 0 Å². The second kappa shape index (κ2) is 12.6. The van der Waals surface area contributed by atoms with E-state index in [4.69, 9.17) is 0 Å². The number of benzene rings is 3. The van der Waals surface area contributed by atoms with Crippen molar-refractivity contribution >= 4 is 35.3 Å². The van der Waals surface area contributed by atoms with Gasteiger partial charge in [-0.05, 0) is 36.7 Å². The van der Waals surface area contributed by atoms with Crippen LogP contribution in [0, 0.1) is 0 Å². The zero-order valence-electron chi connectivity index (χ0n) is 18.3. The molecule has 32 heavy (non-hydrogen) atoms. The van der Waals surface area contributed by atoms with Gasteiger partial charge in [0.2, 0.25) is 0 Å². The number of nitrogens with zero attached hydrogens (tertiary/aromatic N) is 3. The number of allylic oxidation sites excluding steroid dienone is 1. The van der Waals surface area contributed by atoms with Crippen molar-refractivity contribution in [3.8, 4) is 0 Å². The van der Waals surface area contributed by atoms with Crippen LogP contribution in [0.15, 0.2) is 113 Å². The number of hydrazone groups is 1. The molecule has 0 saturated carbocycles. The van der Waals surface area contributed by atoms with E-state index < -0.39 is 7.92 Å². The van der Waals surface area contributed by atoms with Crippen molar-refractivity contribution in [3.05, 3.63) is 103 Å². The smallest absolute Gasteiger partial charge is 0.0837 e. The number of rotatable bonds is 4. The number of hydrogen-bond acceptors (Lipinski definition) is 3. The molecule has 2 aliphatic rings. The molecule has 0 bridgehead atoms. The molecule has 0 N–H and O–H groups in total. The maximum atomic E-state index is 4.40. The minimum atomic E-state index is -0.446. The normalized spacial score (nSPS) is 14.8. The molecule has 2 heterocycles. The fraction of sp³-hybridized carbons (Fsp3) is 0.185. The van der Waals surface area contributed by atoms with Gasteiger partial charge in [-0.3, -0.25) is 10.0 Å². The summed E-state index contributed by atoms with van der Waals surface area (Å²) >= 11 is 0. The molecule has 3 aromatic rings. The van der Waals surface area contributed by atoms with E-state index in [1.807, 2.05) is 18.3 Å². The van der Waals surface area contributed by atoms with E-state index in [1.54, 1.807) is 0 Å². The second-order valence-electron chi connectivity index (χ2n) is 7.52. The third kappa shape index (κ3) is 6.55. The molecule has 0 atom stereocenters. The average Bonchev–Trinajstić information content (AvgIpc) is 3.29. The molecule has 0 saturated heterocycles. The molecule has 0 amide bonds. The van der Waals surface area contributed by atoms with Crippen LogP contribution in [-0.4, -0.2) is 30.0 Å². The number of hydrogen-bond donors (Lipinski definition) is 0. The van der Waals surface area contributed by atoms with Crippen LogP contribution in [0.1, 0.15) is 19.3 Å².